The van der Waals surface area contributed by atoms with Gasteiger partial charge in [-0.2, -0.15) is 0 Å². The molecule has 1 aromatic carbocycles. The maximum absolute atomic E-state index is 13.7. The summed E-state index contributed by atoms with van der Waals surface area (Å²) >= 11 is 0. The van der Waals surface area contributed by atoms with Gasteiger partial charge in [0, 0.05) is 11.8 Å². The predicted molar refractivity (Wildman–Crippen MR) is 64.8 cm³/mol. The normalized spacial score (nSPS) is 11.8. The first kappa shape index (κ1) is 10.4. The lowest BCUT2D eigenvalue weighted by Crippen LogP contribution is -1.77. The zero-order valence-electron chi connectivity index (χ0n) is 10.1. The van der Waals surface area contributed by atoms with E-state index in [0.29, 0.717) is 16.7 Å². The van der Waals surface area contributed by atoms with Crippen molar-refractivity contribution in [1.29, 1.82) is 0 Å². The molecule has 0 unspecified atom stereocenters. The Bertz CT molecular complexity index is 719. The smallest absolute Gasteiger partial charge is 0.172 e. The van der Waals surface area contributed by atoms with E-state index in [0.717, 1.165) is 28.7 Å². The lowest BCUT2D eigenvalue weighted by atomic mass is 10.1. The number of rotatable bonds is 1. The SMILES string of the molecule is CCc1oc2cc3c(F)c(C)oc3cc2c1C. The van der Waals surface area contributed by atoms with Crippen LogP contribution in [0.1, 0.15) is 24.0 Å². The lowest BCUT2D eigenvalue weighted by molar-refractivity contribution is 0.523. The van der Waals surface area contributed by atoms with E-state index < -0.39 is 0 Å². The molecule has 0 radical (unpaired) electrons. The summed E-state index contributed by atoms with van der Waals surface area (Å²) in [6.45, 7) is 5.68. The summed E-state index contributed by atoms with van der Waals surface area (Å²) in [6.07, 6.45) is 0.837. The van der Waals surface area contributed by atoms with Gasteiger partial charge in [-0.3, -0.25) is 0 Å². The quantitative estimate of drug-likeness (QED) is 0.617. The van der Waals surface area contributed by atoms with Crippen LogP contribution in [0.4, 0.5) is 4.39 Å². The van der Waals surface area contributed by atoms with Gasteiger partial charge in [-0.1, -0.05) is 6.92 Å². The average Bonchev–Trinajstić information content (AvgIpc) is 2.77. The molecule has 3 rings (SSSR count). The highest BCUT2D eigenvalue weighted by Gasteiger charge is 2.15. The molecule has 3 heteroatoms. The Morgan fingerprint density at radius 1 is 1.06 bits per heavy atom. The van der Waals surface area contributed by atoms with Gasteiger partial charge in [-0.25, -0.2) is 4.39 Å². The van der Waals surface area contributed by atoms with Crippen LogP contribution in [0.2, 0.25) is 0 Å². The largest absolute Gasteiger partial charge is 0.461 e. The van der Waals surface area contributed by atoms with E-state index in [1.54, 1.807) is 13.0 Å². The van der Waals surface area contributed by atoms with Crippen LogP contribution >= 0.6 is 0 Å². The summed E-state index contributed by atoms with van der Waals surface area (Å²) in [5.74, 6) is 0.972. The number of halogens is 1. The molecule has 0 saturated carbocycles. The monoisotopic (exact) mass is 232 g/mol. The molecule has 17 heavy (non-hydrogen) atoms. The highest BCUT2D eigenvalue weighted by Crippen LogP contribution is 2.32. The van der Waals surface area contributed by atoms with Crippen molar-refractivity contribution in [1.82, 2.24) is 0 Å². The molecule has 0 N–H and O–H groups in total. The highest BCUT2D eigenvalue weighted by molar-refractivity contribution is 5.95. The Balaban J connectivity index is 2.44. The van der Waals surface area contributed by atoms with Gasteiger partial charge >= 0.3 is 0 Å². The molecule has 0 spiro atoms. The Kier molecular flexibility index (Phi) is 2.05. The predicted octanol–water partition coefficient (Wildman–Crippen LogP) is 4.50. The first-order chi connectivity index (χ1) is 8.11. The number of hydrogen-bond acceptors (Lipinski definition) is 2. The van der Waals surface area contributed by atoms with Crippen LogP contribution in [-0.2, 0) is 6.42 Å². The van der Waals surface area contributed by atoms with Crippen molar-refractivity contribution in [2.75, 3.05) is 0 Å². The second kappa shape index (κ2) is 3.36. The average molecular weight is 232 g/mol. The van der Waals surface area contributed by atoms with Gasteiger partial charge in [-0.05, 0) is 31.5 Å². The van der Waals surface area contributed by atoms with E-state index in [2.05, 4.69) is 0 Å². The van der Waals surface area contributed by atoms with Crippen LogP contribution in [-0.4, -0.2) is 0 Å². The van der Waals surface area contributed by atoms with Crippen molar-refractivity contribution < 1.29 is 13.2 Å². The summed E-state index contributed by atoms with van der Waals surface area (Å²) in [6, 6.07) is 3.58. The van der Waals surface area contributed by atoms with Crippen LogP contribution in [0.15, 0.2) is 21.0 Å². The minimum atomic E-state index is -0.297. The van der Waals surface area contributed by atoms with Crippen LogP contribution in [0.3, 0.4) is 0 Å². The zero-order valence-corrected chi connectivity index (χ0v) is 10.1. The molecule has 0 aliphatic rings. The summed E-state index contributed by atoms with van der Waals surface area (Å²) in [5, 5.41) is 1.49. The maximum atomic E-state index is 13.7. The first-order valence-corrected chi connectivity index (χ1v) is 5.72. The molecule has 2 aromatic heterocycles. The Morgan fingerprint density at radius 3 is 2.41 bits per heavy atom. The highest BCUT2D eigenvalue weighted by atomic mass is 19.1. The molecule has 88 valence electrons. The summed E-state index contributed by atoms with van der Waals surface area (Å²) in [4.78, 5) is 0. The summed E-state index contributed by atoms with van der Waals surface area (Å²) in [7, 11) is 0. The fraction of sp³-hybridized carbons (Fsp3) is 0.286. The van der Waals surface area contributed by atoms with E-state index in [-0.39, 0.29) is 5.82 Å². The van der Waals surface area contributed by atoms with Crippen molar-refractivity contribution in [2.45, 2.75) is 27.2 Å². The van der Waals surface area contributed by atoms with E-state index in [1.165, 1.54) is 0 Å². The number of fused-ring (bicyclic) bond motifs is 2. The molecular formula is C14H13FO2. The number of hydrogen-bond donors (Lipinski definition) is 0. The molecule has 0 saturated heterocycles. The molecular weight excluding hydrogens is 219 g/mol. The van der Waals surface area contributed by atoms with E-state index in [4.69, 9.17) is 8.83 Å². The van der Waals surface area contributed by atoms with Gasteiger partial charge in [0.25, 0.3) is 0 Å². The fourth-order valence-electron chi connectivity index (χ4n) is 2.29. The van der Waals surface area contributed by atoms with Crippen LogP contribution in [0.25, 0.3) is 21.9 Å². The second-order valence-electron chi connectivity index (χ2n) is 4.32. The van der Waals surface area contributed by atoms with Gasteiger partial charge in [0.05, 0.1) is 5.39 Å². The minimum absolute atomic E-state index is 0.297. The topological polar surface area (TPSA) is 26.3 Å². The molecule has 0 aliphatic heterocycles. The standard InChI is InChI=1S/C14H13FO2/c1-4-11-7(2)9-5-13-10(6-12(9)17-11)14(15)8(3)16-13/h5-6H,4H2,1-3H3. The zero-order chi connectivity index (χ0) is 12.2. The van der Waals surface area contributed by atoms with Crippen molar-refractivity contribution in [3.8, 4) is 0 Å². The second-order valence-corrected chi connectivity index (χ2v) is 4.32. The third-order valence-electron chi connectivity index (χ3n) is 3.27. The van der Waals surface area contributed by atoms with Crippen molar-refractivity contribution in [2.24, 2.45) is 0 Å². The lowest BCUT2D eigenvalue weighted by Gasteiger charge is -1.90. The molecule has 2 nitrogen and oxygen atoms in total. The van der Waals surface area contributed by atoms with Crippen molar-refractivity contribution in [3.63, 3.8) is 0 Å². The van der Waals surface area contributed by atoms with Gasteiger partial charge in [0.2, 0.25) is 0 Å². The van der Waals surface area contributed by atoms with E-state index >= 15 is 0 Å². The first-order valence-electron chi connectivity index (χ1n) is 5.72. The molecule has 0 amide bonds. The number of furan rings is 2. The van der Waals surface area contributed by atoms with Crippen LogP contribution in [0, 0.1) is 19.7 Å². The summed E-state index contributed by atoms with van der Waals surface area (Å²) < 4.78 is 24.8. The third-order valence-corrected chi connectivity index (χ3v) is 3.27. The molecule has 2 heterocycles. The van der Waals surface area contributed by atoms with Gasteiger partial charge in [-0.15, -0.1) is 0 Å². The summed E-state index contributed by atoms with van der Waals surface area (Å²) in [5.41, 5.74) is 2.42. The van der Waals surface area contributed by atoms with Crippen molar-refractivity contribution >= 4 is 21.9 Å². The maximum Gasteiger partial charge on any atom is 0.172 e. The molecule has 0 atom stereocenters. The van der Waals surface area contributed by atoms with E-state index in [9.17, 15) is 4.39 Å². The van der Waals surface area contributed by atoms with Crippen molar-refractivity contribution in [3.05, 3.63) is 35.0 Å². The molecule has 0 fully saturated rings. The Labute approximate surface area is 98.0 Å². The molecule has 3 aromatic rings. The van der Waals surface area contributed by atoms with Gasteiger partial charge in [0.1, 0.15) is 22.7 Å². The third kappa shape index (κ3) is 1.32. The molecule has 0 bridgehead atoms. The van der Waals surface area contributed by atoms with Crippen LogP contribution < -0.4 is 0 Å². The molecule has 0 aliphatic carbocycles. The number of aryl methyl sites for hydroxylation is 3. The fourth-order valence-corrected chi connectivity index (χ4v) is 2.29. The Morgan fingerprint density at radius 2 is 1.71 bits per heavy atom. The van der Waals surface area contributed by atoms with Gasteiger partial charge < -0.3 is 8.83 Å². The Hall–Kier alpha value is -1.77. The number of benzene rings is 1. The van der Waals surface area contributed by atoms with Crippen LogP contribution in [0.5, 0.6) is 0 Å². The van der Waals surface area contributed by atoms with E-state index in [1.807, 2.05) is 19.9 Å². The van der Waals surface area contributed by atoms with Gasteiger partial charge in [0.15, 0.2) is 5.82 Å². The minimum Gasteiger partial charge on any atom is -0.461 e.